The SMILES string of the molecule is CC1CN(C)CCN1C(=O)c1cc2cccc(N)c2[nH]1. The van der Waals surface area contributed by atoms with Crippen LogP contribution in [0.4, 0.5) is 5.69 Å². The second-order valence-corrected chi connectivity index (χ2v) is 5.60. The number of anilines is 1. The molecule has 1 aliphatic rings. The summed E-state index contributed by atoms with van der Waals surface area (Å²) in [5.74, 6) is 0.0567. The van der Waals surface area contributed by atoms with Gasteiger partial charge in [0, 0.05) is 31.1 Å². The Labute approximate surface area is 118 Å². The van der Waals surface area contributed by atoms with E-state index in [0.29, 0.717) is 11.4 Å². The number of rotatable bonds is 1. The van der Waals surface area contributed by atoms with E-state index in [1.165, 1.54) is 0 Å². The molecule has 106 valence electrons. The summed E-state index contributed by atoms with van der Waals surface area (Å²) >= 11 is 0. The number of hydrogen-bond donors (Lipinski definition) is 2. The Kier molecular flexibility index (Phi) is 3.14. The minimum atomic E-state index is 0.0567. The fraction of sp³-hybridized carbons (Fsp3) is 0.400. The average Bonchev–Trinajstić information content (AvgIpc) is 2.83. The molecule has 3 rings (SSSR count). The maximum Gasteiger partial charge on any atom is 0.270 e. The predicted molar refractivity (Wildman–Crippen MR) is 80.7 cm³/mol. The van der Waals surface area contributed by atoms with Crippen molar-refractivity contribution in [2.24, 2.45) is 0 Å². The van der Waals surface area contributed by atoms with Crippen LogP contribution >= 0.6 is 0 Å². The number of piperazine rings is 1. The lowest BCUT2D eigenvalue weighted by Gasteiger charge is -2.38. The molecule has 0 aliphatic carbocycles. The Hall–Kier alpha value is -2.01. The van der Waals surface area contributed by atoms with Gasteiger partial charge in [-0.2, -0.15) is 0 Å². The van der Waals surface area contributed by atoms with E-state index < -0.39 is 0 Å². The summed E-state index contributed by atoms with van der Waals surface area (Å²) in [6.07, 6.45) is 0. The summed E-state index contributed by atoms with van der Waals surface area (Å²) in [4.78, 5) is 20.0. The number of aromatic nitrogens is 1. The summed E-state index contributed by atoms with van der Waals surface area (Å²) < 4.78 is 0. The highest BCUT2D eigenvalue weighted by Crippen LogP contribution is 2.22. The number of amides is 1. The molecule has 1 aliphatic heterocycles. The smallest absolute Gasteiger partial charge is 0.270 e. The van der Waals surface area contributed by atoms with Gasteiger partial charge in [0.25, 0.3) is 5.91 Å². The standard InChI is InChI=1S/C15H20N4O/c1-10-9-18(2)6-7-19(10)15(20)13-8-11-4-3-5-12(16)14(11)17-13/h3-5,8,10,17H,6-7,9,16H2,1-2H3. The number of benzene rings is 1. The van der Waals surface area contributed by atoms with Gasteiger partial charge in [0.1, 0.15) is 5.69 Å². The number of hydrogen-bond acceptors (Lipinski definition) is 3. The largest absolute Gasteiger partial charge is 0.397 e. The molecule has 1 aromatic carbocycles. The van der Waals surface area contributed by atoms with E-state index in [-0.39, 0.29) is 11.9 Å². The van der Waals surface area contributed by atoms with Crippen molar-refractivity contribution in [1.82, 2.24) is 14.8 Å². The van der Waals surface area contributed by atoms with Crippen molar-refractivity contribution in [3.05, 3.63) is 30.0 Å². The number of fused-ring (bicyclic) bond motifs is 1. The number of carbonyl (C=O) groups is 1. The van der Waals surface area contributed by atoms with Gasteiger partial charge < -0.3 is 20.5 Å². The second-order valence-electron chi connectivity index (χ2n) is 5.60. The normalized spacial score (nSPS) is 20.5. The zero-order valence-electron chi connectivity index (χ0n) is 11.9. The Morgan fingerprint density at radius 2 is 2.20 bits per heavy atom. The van der Waals surface area contributed by atoms with E-state index in [1.807, 2.05) is 29.2 Å². The van der Waals surface area contributed by atoms with E-state index in [4.69, 9.17) is 5.73 Å². The van der Waals surface area contributed by atoms with E-state index in [1.54, 1.807) is 0 Å². The highest BCUT2D eigenvalue weighted by atomic mass is 16.2. The quantitative estimate of drug-likeness (QED) is 0.774. The van der Waals surface area contributed by atoms with Gasteiger partial charge in [0.05, 0.1) is 11.2 Å². The first-order valence-electron chi connectivity index (χ1n) is 6.93. The van der Waals surface area contributed by atoms with Crippen molar-refractivity contribution < 1.29 is 4.79 Å². The number of nitrogen functional groups attached to an aromatic ring is 1. The molecular weight excluding hydrogens is 252 g/mol. The van der Waals surface area contributed by atoms with Gasteiger partial charge in [-0.3, -0.25) is 4.79 Å². The molecular formula is C15H20N4O. The van der Waals surface area contributed by atoms with Crippen LogP contribution in [0.2, 0.25) is 0 Å². The molecule has 5 heteroatoms. The first kappa shape index (κ1) is 13.0. The second kappa shape index (κ2) is 4.83. The number of nitrogens with two attached hydrogens (primary N) is 1. The zero-order valence-corrected chi connectivity index (χ0v) is 11.9. The lowest BCUT2D eigenvalue weighted by atomic mass is 10.2. The molecule has 1 aromatic heterocycles. The minimum Gasteiger partial charge on any atom is -0.397 e. The summed E-state index contributed by atoms with van der Waals surface area (Å²) in [6.45, 7) is 4.68. The van der Waals surface area contributed by atoms with Crippen LogP contribution < -0.4 is 5.73 Å². The molecule has 0 radical (unpaired) electrons. The molecule has 0 bridgehead atoms. The lowest BCUT2D eigenvalue weighted by molar-refractivity contribution is 0.0528. The highest BCUT2D eigenvalue weighted by Gasteiger charge is 2.27. The van der Waals surface area contributed by atoms with Gasteiger partial charge in [-0.05, 0) is 26.1 Å². The number of likely N-dealkylation sites (N-methyl/N-ethyl adjacent to an activating group) is 1. The third-order valence-corrected chi connectivity index (χ3v) is 4.01. The first-order valence-corrected chi connectivity index (χ1v) is 6.93. The number of para-hydroxylation sites is 1. The number of nitrogens with one attached hydrogen (secondary N) is 1. The van der Waals surface area contributed by atoms with Gasteiger partial charge in [-0.1, -0.05) is 12.1 Å². The number of carbonyl (C=O) groups excluding carboxylic acids is 1. The van der Waals surface area contributed by atoms with E-state index >= 15 is 0 Å². The van der Waals surface area contributed by atoms with Crippen LogP contribution in [0.5, 0.6) is 0 Å². The van der Waals surface area contributed by atoms with E-state index in [2.05, 4.69) is 23.9 Å². The lowest BCUT2D eigenvalue weighted by Crippen LogP contribution is -2.52. The summed E-state index contributed by atoms with van der Waals surface area (Å²) in [5, 5.41) is 0.982. The Morgan fingerprint density at radius 3 is 2.90 bits per heavy atom. The molecule has 2 heterocycles. The summed E-state index contributed by atoms with van der Waals surface area (Å²) in [6, 6.07) is 7.82. The van der Waals surface area contributed by atoms with E-state index in [0.717, 1.165) is 30.5 Å². The van der Waals surface area contributed by atoms with Crippen LogP contribution in [0.25, 0.3) is 10.9 Å². The van der Waals surface area contributed by atoms with Crippen molar-refractivity contribution in [2.45, 2.75) is 13.0 Å². The van der Waals surface area contributed by atoms with Crippen molar-refractivity contribution in [2.75, 3.05) is 32.4 Å². The van der Waals surface area contributed by atoms with Crippen molar-refractivity contribution in [3.63, 3.8) is 0 Å². The van der Waals surface area contributed by atoms with Gasteiger partial charge in [0.15, 0.2) is 0 Å². The van der Waals surface area contributed by atoms with Gasteiger partial charge in [0.2, 0.25) is 0 Å². The molecule has 20 heavy (non-hydrogen) atoms. The number of nitrogens with zero attached hydrogens (tertiary/aromatic N) is 2. The fourth-order valence-electron chi connectivity index (χ4n) is 2.89. The van der Waals surface area contributed by atoms with Gasteiger partial charge >= 0.3 is 0 Å². The van der Waals surface area contributed by atoms with Gasteiger partial charge in [-0.15, -0.1) is 0 Å². The molecule has 2 aromatic rings. The molecule has 0 saturated carbocycles. The van der Waals surface area contributed by atoms with Gasteiger partial charge in [-0.25, -0.2) is 0 Å². The molecule has 5 nitrogen and oxygen atoms in total. The Balaban J connectivity index is 1.91. The molecule has 1 atom stereocenters. The van der Waals surface area contributed by atoms with Crippen molar-refractivity contribution in [1.29, 1.82) is 0 Å². The maximum atomic E-state index is 12.6. The molecule has 3 N–H and O–H groups in total. The maximum absolute atomic E-state index is 12.6. The molecule has 0 spiro atoms. The summed E-state index contributed by atoms with van der Waals surface area (Å²) in [7, 11) is 2.09. The summed E-state index contributed by atoms with van der Waals surface area (Å²) in [5.41, 5.74) is 8.07. The Bertz CT molecular complexity index is 648. The highest BCUT2D eigenvalue weighted by molar-refractivity contribution is 6.01. The van der Waals surface area contributed by atoms with E-state index in [9.17, 15) is 4.79 Å². The first-order chi connectivity index (χ1) is 9.56. The molecule has 1 amide bonds. The fourth-order valence-corrected chi connectivity index (χ4v) is 2.89. The number of H-pyrrole nitrogens is 1. The molecule has 1 saturated heterocycles. The zero-order chi connectivity index (χ0) is 14.3. The Morgan fingerprint density at radius 1 is 1.40 bits per heavy atom. The average molecular weight is 272 g/mol. The third kappa shape index (κ3) is 2.14. The monoisotopic (exact) mass is 272 g/mol. The molecule has 1 fully saturated rings. The topological polar surface area (TPSA) is 65.4 Å². The minimum absolute atomic E-state index is 0.0567. The van der Waals surface area contributed by atoms with Crippen molar-refractivity contribution >= 4 is 22.5 Å². The number of aromatic amines is 1. The third-order valence-electron chi connectivity index (χ3n) is 4.01. The van der Waals surface area contributed by atoms with Crippen LogP contribution in [-0.2, 0) is 0 Å². The van der Waals surface area contributed by atoms with Crippen LogP contribution in [-0.4, -0.2) is 53.4 Å². The molecule has 1 unspecified atom stereocenters. The van der Waals surface area contributed by atoms with Crippen LogP contribution in [0.3, 0.4) is 0 Å². The van der Waals surface area contributed by atoms with Crippen LogP contribution in [0, 0.1) is 0 Å². The van der Waals surface area contributed by atoms with Crippen LogP contribution in [0.15, 0.2) is 24.3 Å². The predicted octanol–water partition coefficient (Wildman–Crippen LogP) is 1.53. The van der Waals surface area contributed by atoms with Crippen molar-refractivity contribution in [3.8, 4) is 0 Å². The van der Waals surface area contributed by atoms with Crippen LogP contribution in [0.1, 0.15) is 17.4 Å².